The summed E-state index contributed by atoms with van der Waals surface area (Å²) < 4.78 is 27.2. The second kappa shape index (κ2) is 9.24. The fourth-order valence-electron chi connectivity index (χ4n) is 6.26. The minimum atomic E-state index is -1.21. The monoisotopic (exact) mass is 588 g/mol. The van der Waals surface area contributed by atoms with Gasteiger partial charge in [0.05, 0.1) is 33.0 Å². The molecule has 39 heavy (non-hydrogen) atoms. The van der Waals surface area contributed by atoms with Crippen molar-refractivity contribution in [3.63, 3.8) is 0 Å². The van der Waals surface area contributed by atoms with Gasteiger partial charge in [0, 0.05) is 17.0 Å². The molecule has 7 nitrogen and oxygen atoms in total. The molecule has 3 aliphatic rings. The van der Waals surface area contributed by atoms with Gasteiger partial charge >= 0.3 is 5.97 Å². The number of carboxylic acid groups (broad SMARTS) is 1. The summed E-state index contributed by atoms with van der Waals surface area (Å²) in [5, 5.41) is 26.7. The van der Waals surface area contributed by atoms with Crippen LogP contribution in [0.15, 0.2) is 34.9 Å². The SMILES string of the molecule is O=C(O)c1cc(F)c2nc([C@@]3(O)CC4C[C@@H]3CC4OCc3c(-c4c(Cl)cccc4Cl)noc3C3CC3)sc2c1. The molecular weight excluding hydrogens is 566 g/mol. The summed E-state index contributed by atoms with van der Waals surface area (Å²) in [5.41, 5.74) is 0.851. The van der Waals surface area contributed by atoms with Crippen LogP contribution in [0.25, 0.3) is 21.5 Å². The Balaban J connectivity index is 1.12. The number of aliphatic hydroxyl groups is 1. The van der Waals surface area contributed by atoms with Crippen LogP contribution in [-0.4, -0.2) is 32.4 Å². The molecule has 2 aromatic heterocycles. The predicted molar refractivity (Wildman–Crippen MR) is 144 cm³/mol. The lowest BCUT2D eigenvalue weighted by molar-refractivity contribution is -0.0726. The summed E-state index contributed by atoms with van der Waals surface area (Å²) in [6, 6.07) is 7.70. The number of benzene rings is 2. The Bertz CT molecular complexity index is 1620. The van der Waals surface area contributed by atoms with Crippen molar-refractivity contribution >= 4 is 50.7 Å². The zero-order valence-corrected chi connectivity index (χ0v) is 22.8. The fraction of sp³-hybridized carbons (Fsp3) is 0.393. The molecule has 0 amide bonds. The quantitative estimate of drug-likeness (QED) is 0.235. The molecule has 2 aromatic carbocycles. The number of aromatic nitrogens is 2. The van der Waals surface area contributed by atoms with Crippen molar-refractivity contribution in [2.75, 3.05) is 0 Å². The standard InChI is InChI=1S/C28H23Cl2FN2O5S/c29-17-2-1-3-18(30)22(17)23-16(25(38-33-23)12-4-5-12)11-37-20-9-15-6-14(20)10-28(15,36)27-32-24-19(31)7-13(26(34)35)8-21(24)39-27/h1-3,7-8,12,14-15,20,36H,4-6,9-11H2,(H,34,35)/t14?,15-,20?,28-/m1/s1. The highest BCUT2D eigenvalue weighted by atomic mass is 35.5. The number of fused-ring (bicyclic) bond motifs is 3. The van der Waals surface area contributed by atoms with Gasteiger partial charge in [0.1, 0.15) is 27.6 Å². The summed E-state index contributed by atoms with van der Waals surface area (Å²) in [7, 11) is 0. The Morgan fingerprint density at radius 3 is 2.67 bits per heavy atom. The number of nitrogens with zero attached hydrogens (tertiary/aromatic N) is 2. The molecule has 0 spiro atoms. The molecule has 3 aliphatic carbocycles. The lowest BCUT2D eigenvalue weighted by atomic mass is 9.83. The zero-order valence-electron chi connectivity index (χ0n) is 20.5. The minimum Gasteiger partial charge on any atom is -0.478 e. The van der Waals surface area contributed by atoms with Crippen LogP contribution in [0, 0.1) is 17.7 Å². The van der Waals surface area contributed by atoms with Gasteiger partial charge in [-0.15, -0.1) is 11.3 Å². The maximum atomic E-state index is 14.6. The van der Waals surface area contributed by atoms with E-state index in [2.05, 4.69) is 10.1 Å². The molecule has 0 radical (unpaired) electrons. The third kappa shape index (κ3) is 4.17. The molecule has 0 aliphatic heterocycles. The van der Waals surface area contributed by atoms with E-state index in [4.69, 9.17) is 32.5 Å². The van der Waals surface area contributed by atoms with E-state index in [1.165, 1.54) is 6.07 Å². The topological polar surface area (TPSA) is 106 Å². The largest absolute Gasteiger partial charge is 0.478 e. The number of hydrogen-bond acceptors (Lipinski definition) is 7. The van der Waals surface area contributed by atoms with Gasteiger partial charge in [0.2, 0.25) is 0 Å². The number of carbonyl (C=O) groups is 1. The highest BCUT2D eigenvalue weighted by molar-refractivity contribution is 7.18. The molecule has 4 aromatic rings. The third-order valence-electron chi connectivity index (χ3n) is 8.35. The van der Waals surface area contributed by atoms with E-state index in [0.717, 1.165) is 48.0 Å². The maximum absolute atomic E-state index is 14.6. The van der Waals surface area contributed by atoms with E-state index in [-0.39, 0.29) is 29.0 Å². The van der Waals surface area contributed by atoms with Crippen LogP contribution in [0.4, 0.5) is 4.39 Å². The first kappa shape index (κ1) is 25.4. The second-order valence-electron chi connectivity index (χ2n) is 10.8. The number of thiazole rings is 1. The van der Waals surface area contributed by atoms with Gasteiger partial charge in [-0.1, -0.05) is 34.4 Å². The van der Waals surface area contributed by atoms with Crippen LogP contribution in [0.1, 0.15) is 64.7 Å². The molecule has 2 heterocycles. The van der Waals surface area contributed by atoms with Crippen molar-refractivity contribution in [1.82, 2.24) is 10.1 Å². The Morgan fingerprint density at radius 1 is 1.23 bits per heavy atom. The maximum Gasteiger partial charge on any atom is 0.335 e. The van der Waals surface area contributed by atoms with Crippen molar-refractivity contribution in [3.8, 4) is 11.3 Å². The molecule has 11 heteroatoms. The van der Waals surface area contributed by atoms with E-state index in [1.54, 1.807) is 18.2 Å². The van der Waals surface area contributed by atoms with E-state index in [1.807, 2.05) is 0 Å². The van der Waals surface area contributed by atoms with Gasteiger partial charge in [-0.2, -0.15) is 0 Å². The van der Waals surface area contributed by atoms with Crippen molar-refractivity contribution in [3.05, 3.63) is 68.1 Å². The highest BCUT2D eigenvalue weighted by Gasteiger charge is 2.57. The molecule has 3 saturated carbocycles. The summed E-state index contributed by atoms with van der Waals surface area (Å²) >= 11 is 14.1. The van der Waals surface area contributed by atoms with Crippen LogP contribution >= 0.6 is 34.5 Å². The lowest BCUT2D eigenvalue weighted by Gasteiger charge is -2.34. The molecule has 0 saturated heterocycles. The van der Waals surface area contributed by atoms with Crippen molar-refractivity contribution in [1.29, 1.82) is 0 Å². The number of halogens is 3. The van der Waals surface area contributed by atoms with Crippen LogP contribution in [0.2, 0.25) is 10.0 Å². The summed E-state index contributed by atoms with van der Waals surface area (Å²) in [5.74, 6) is -0.770. The number of aromatic carboxylic acids is 1. The Hall–Kier alpha value is -2.56. The summed E-state index contributed by atoms with van der Waals surface area (Å²) in [6.07, 6.45) is 3.84. The predicted octanol–water partition coefficient (Wildman–Crippen LogP) is 7.18. The Kier molecular flexibility index (Phi) is 6.02. The first-order chi connectivity index (χ1) is 18.7. The third-order valence-corrected chi connectivity index (χ3v) is 10.2. The second-order valence-corrected chi connectivity index (χ2v) is 12.6. The minimum absolute atomic E-state index is 0.0727. The number of ether oxygens (including phenoxy) is 1. The molecule has 2 bridgehead atoms. The first-order valence-electron chi connectivity index (χ1n) is 12.8. The normalized spacial score (nSPS) is 26.1. The molecule has 2 N–H and O–H groups in total. The fourth-order valence-corrected chi connectivity index (χ4v) is 8.03. The van der Waals surface area contributed by atoms with Gasteiger partial charge in [-0.25, -0.2) is 14.2 Å². The van der Waals surface area contributed by atoms with Crippen molar-refractivity contribution < 1.29 is 28.7 Å². The Labute approximate surface area is 236 Å². The van der Waals surface area contributed by atoms with E-state index in [9.17, 15) is 19.4 Å². The van der Waals surface area contributed by atoms with E-state index >= 15 is 0 Å². The molecule has 4 atom stereocenters. The van der Waals surface area contributed by atoms with Gasteiger partial charge < -0.3 is 19.5 Å². The van der Waals surface area contributed by atoms with Crippen molar-refractivity contribution in [2.45, 2.75) is 56.3 Å². The first-order valence-corrected chi connectivity index (χ1v) is 14.4. The number of rotatable bonds is 7. The number of carboxylic acids is 1. The van der Waals surface area contributed by atoms with Gasteiger partial charge in [-0.05, 0) is 68.2 Å². The van der Waals surface area contributed by atoms with E-state index < -0.39 is 17.4 Å². The smallest absolute Gasteiger partial charge is 0.335 e. The van der Waals surface area contributed by atoms with Crippen LogP contribution < -0.4 is 0 Å². The van der Waals surface area contributed by atoms with Crippen LogP contribution in [0.5, 0.6) is 0 Å². The molecular formula is C28H23Cl2FN2O5S. The van der Waals surface area contributed by atoms with Crippen LogP contribution in [0.3, 0.4) is 0 Å². The summed E-state index contributed by atoms with van der Waals surface area (Å²) in [6.45, 7) is 0.294. The van der Waals surface area contributed by atoms with Gasteiger partial charge in [0.15, 0.2) is 5.82 Å². The van der Waals surface area contributed by atoms with E-state index in [0.29, 0.717) is 56.4 Å². The molecule has 7 rings (SSSR count). The number of hydrogen-bond donors (Lipinski definition) is 2. The average molecular weight is 589 g/mol. The van der Waals surface area contributed by atoms with Crippen LogP contribution in [-0.2, 0) is 16.9 Å². The zero-order chi connectivity index (χ0) is 27.1. The summed E-state index contributed by atoms with van der Waals surface area (Å²) in [4.78, 5) is 15.7. The molecule has 2 unspecified atom stereocenters. The van der Waals surface area contributed by atoms with Gasteiger partial charge in [0.25, 0.3) is 0 Å². The lowest BCUT2D eigenvalue weighted by Crippen LogP contribution is -2.37. The van der Waals surface area contributed by atoms with Crippen molar-refractivity contribution in [2.24, 2.45) is 11.8 Å². The Morgan fingerprint density at radius 2 is 2.00 bits per heavy atom. The molecule has 202 valence electrons. The average Bonchev–Trinajstić information content (AvgIpc) is 3.21. The highest BCUT2D eigenvalue weighted by Crippen LogP contribution is 2.58. The molecule has 3 fully saturated rings. The van der Waals surface area contributed by atoms with Gasteiger partial charge in [-0.3, -0.25) is 0 Å².